The third kappa shape index (κ3) is 70.0. The van der Waals surface area contributed by atoms with Crippen molar-refractivity contribution < 1.29 is 28.6 Å². The van der Waals surface area contributed by atoms with E-state index >= 15 is 0 Å². The van der Waals surface area contributed by atoms with E-state index in [4.69, 9.17) is 14.2 Å². The van der Waals surface area contributed by atoms with Crippen LogP contribution in [0.25, 0.3) is 0 Å². The highest BCUT2D eigenvalue weighted by Crippen LogP contribution is 2.19. The lowest BCUT2D eigenvalue weighted by atomic mass is 10.0. The van der Waals surface area contributed by atoms with E-state index in [0.717, 1.165) is 83.5 Å². The summed E-state index contributed by atoms with van der Waals surface area (Å²) in [5.41, 5.74) is 0. The van der Waals surface area contributed by atoms with E-state index in [1.54, 1.807) is 0 Å². The van der Waals surface area contributed by atoms with Gasteiger partial charge < -0.3 is 14.2 Å². The zero-order valence-electron chi connectivity index (χ0n) is 56.0. The van der Waals surface area contributed by atoms with Gasteiger partial charge >= 0.3 is 17.9 Å². The number of hydrogen-bond acceptors (Lipinski definition) is 6. The molecule has 0 aromatic carbocycles. The van der Waals surface area contributed by atoms with Crippen molar-refractivity contribution in [1.82, 2.24) is 0 Å². The lowest BCUT2D eigenvalue weighted by Crippen LogP contribution is -2.30. The van der Waals surface area contributed by atoms with E-state index in [1.165, 1.54) is 283 Å². The molecule has 6 nitrogen and oxygen atoms in total. The number of carbonyl (C=O) groups excluding carboxylic acids is 3. The van der Waals surface area contributed by atoms with Gasteiger partial charge in [0.25, 0.3) is 0 Å². The van der Waals surface area contributed by atoms with E-state index in [-0.39, 0.29) is 31.1 Å². The third-order valence-corrected chi connectivity index (χ3v) is 16.8. The van der Waals surface area contributed by atoms with Gasteiger partial charge in [-0.25, -0.2) is 0 Å². The van der Waals surface area contributed by atoms with E-state index in [1.807, 2.05) is 0 Å². The topological polar surface area (TPSA) is 78.9 Å². The maximum atomic E-state index is 12.9. The molecular weight excluding hydrogens is 1020 g/mol. The average molecular weight is 1160 g/mol. The Kier molecular flexibility index (Phi) is 69.6. The average Bonchev–Trinajstić information content (AvgIpc) is 3.48. The molecule has 0 saturated heterocycles. The second-order valence-electron chi connectivity index (χ2n) is 25.2. The molecule has 0 aromatic heterocycles. The summed E-state index contributed by atoms with van der Waals surface area (Å²) in [7, 11) is 0. The Morgan fingerprint density at radius 1 is 0.253 bits per heavy atom. The minimum atomic E-state index is -0.765. The van der Waals surface area contributed by atoms with Gasteiger partial charge in [0, 0.05) is 19.3 Å². The molecule has 0 saturated carbocycles. The van der Waals surface area contributed by atoms with Gasteiger partial charge in [-0.3, -0.25) is 14.4 Å². The van der Waals surface area contributed by atoms with Gasteiger partial charge in [-0.1, -0.05) is 378 Å². The normalized spacial score (nSPS) is 12.3. The maximum Gasteiger partial charge on any atom is 0.306 e. The fraction of sp³-hybridized carbons (Fsp3) is 0.857. The zero-order chi connectivity index (χ0) is 59.9. The number of hydrogen-bond donors (Lipinski definition) is 0. The van der Waals surface area contributed by atoms with E-state index in [0.29, 0.717) is 19.3 Å². The Bertz CT molecular complexity index is 1430. The first kappa shape index (κ1) is 80.4. The fourth-order valence-electron chi connectivity index (χ4n) is 11.3. The summed E-state index contributed by atoms with van der Waals surface area (Å²) in [5, 5.41) is 0. The smallest absolute Gasteiger partial charge is 0.306 e. The molecule has 0 N–H and O–H groups in total. The summed E-state index contributed by atoms with van der Waals surface area (Å²) in [6, 6.07) is 0. The molecule has 0 radical (unpaired) electrons. The third-order valence-electron chi connectivity index (χ3n) is 16.8. The molecule has 0 aromatic rings. The Hall–Kier alpha value is -2.63. The van der Waals surface area contributed by atoms with Crippen LogP contribution in [0.4, 0.5) is 0 Å². The molecule has 0 amide bonds. The fourth-order valence-corrected chi connectivity index (χ4v) is 11.3. The van der Waals surface area contributed by atoms with Crippen molar-refractivity contribution in [2.45, 2.75) is 412 Å². The maximum absolute atomic E-state index is 12.9. The predicted molar refractivity (Wildman–Crippen MR) is 362 cm³/mol. The number of unbranched alkanes of at least 4 members (excludes halogenated alkanes) is 50. The van der Waals surface area contributed by atoms with Crippen molar-refractivity contribution in [2.75, 3.05) is 13.2 Å². The van der Waals surface area contributed by atoms with Crippen LogP contribution in [0.2, 0.25) is 0 Å². The van der Waals surface area contributed by atoms with E-state index < -0.39 is 6.10 Å². The van der Waals surface area contributed by atoms with Crippen molar-refractivity contribution in [3.8, 4) is 0 Å². The van der Waals surface area contributed by atoms with Crippen LogP contribution in [0, 0.1) is 0 Å². The molecule has 0 rings (SSSR count). The van der Waals surface area contributed by atoms with Gasteiger partial charge in [0.05, 0.1) is 0 Å². The largest absolute Gasteiger partial charge is 0.462 e. The quantitative estimate of drug-likeness (QED) is 0.0261. The van der Waals surface area contributed by atoms with Crippen molar-refractivity contribution in [1.29, 1.82) is 0 Å². The SMILES string of the molecule is CC/C=C\C/C=C\C/C=C\C/C=C\CCCCCCCCCCCCCCCCCCCCCCCCC(=O)OCC(COC(=O)CCCCCCCC)OC(=O)CCCCCCCCCCCCCCCCCCCCCCCCCC. The van der Waals surface area contributed by atoms with Gasteiger partial charge in [-0.05, 0) is 57.8 Å². The molecular formula is C77H142O6. The molecule has 486 valence electrons. The van der Waals surface area contributed by atoms with Crippen LogP contribution >= 0.6 is 0 Å². The molecule has 0 bridgehead atoms. The van der Waals surface area contributed by atoms with Gasteiger partial charge in [-0.2, -0.15) is 0 Å². The van der Waals surface area contributed by atoms with Crippen LogP contribution < -0.4 is 0 Å². The van der Waals surface area contributed by atoms with Gasteiger partial charge in [0.1, 0.15) is 13.2 Å². The molecule has 0 aliphatic rings. The molecule has 0 heterocycles. The Morgan fingerprint density at radius 3 is 0.735 bits per heavy atom. The second kappa shape index (κ2) is 71.8. The summed E-state index contributed by atoms with van der Waals surface area (Å²) < 4.78 is 16.9. The van der Waals surface area contributed by atoms with Crippen LogP contribution in [-0.2, 0) is 28.6 Å². The Morgan fingerprint density at radius 2 is 0.470 bits per heavy atom. The summed E-state index contributed by atoms with van der Waals surface area (Å²) in [4.78, 5) is 38.1. The van der Waals surface area contributed by atoms with Crippen LogP contribution in [-0.4, -0.2) is 37.2 Å². The number of carbonyl (C=O) groups is 3. The molecule has 1 atom stereocenters. The zero-order valence-corrected chi connectivity index (χ0v) is 56.0. The highest BCUT2D eigenvalue weighted by Gasteiger charge is 2.19. The number of esters is 3. The first-order valence-corrected chi connectivity index (χ1v) is 37.1. The van der Waals surface area contributed by atoms with Crippen molar-refractivity contribution in [3.63, 3.8) is 0 Å². The summed E-state index contributed by atoms with van der Waals surface area (Å²) in [5.74, 6) is -0.845. The summed E-state index contributed by atoms with van der Waals surface area (Å²) >= 11 is 0. The molecule has 6 heteroatoms. The monoisotopic (exact) mass is 1160 g/mol. The first-order valence-electron chi connectivity index (χ1n) is 37.1. The number of allylic oxidation sites excluding steroid dienone is 8. The number of ether oxygens (including phenoxy) is 3. The van der Waals surface area contributed by atoms with Crippen LogP contribution in [0.15, 0.2) is 48.6 Å². The number of rotatable bonds is 69. The molecule has 0 aliphatic carbocycles. The van der Waals surface area contributed by atoms with Crippen molar-refractivity contribution in [3.05, 3.63) is 48.6 Å². The molecule has 0 spiro atoms. The highest BCUT2D eigenvalue weighted by molar-refractivity contribution is 5.71. The Labute approximate surface area is 518 Å². The summed E-state index contributed by atoms with van der Waals surface area (Å²) in [6.45, 7) is 6.54. The predicted octanol–water partition coefficient (Wildman–Crippen LogP) is 25.7. The first-order chi connectivity index (χ1) is 41.0. The molecule has 0 fully saturated rings. The van der Waals surface area contributed by atoms with Crippen LogP contribution in [0.3, 0.4) is 0 Å². The van der Waals surface area contributed by atoms with Gasteiger partial charge in [-0.15, -0.1) is 0 Å². The van der Waals surface area contributed by atoms with E-state index in [2.05, 4.69) is 69.4 Å². The molecule has 83 heavy (non-hydrogen) atoms. The minimum absolute atomic E-state index is 0.0653. The summed E-state index contributed by atoms with van der Waals surface area (Å²) in [6.07, 6.45) is 92.1. The van der Waals surface area contributed by atoms with Crippen LogP contribution in [0.5, 0.6) is 0 Å². The standard InChI is InChI=1S/C77H142O6/c1-4-7-10-13-16-18-20-22-24-26-28-30-32-34-35-36-37-38-39-40-41-42-43-44-46-47-49-51-53-55-57-59-61-64-67-70-76(79)82-73-74(72-81-75(78)69-66-63-15-12-9-6-3)83-77(80)71-68-65-62-60-58-56-54-52-50-48-45-33-31-29-27-25-23-21-19-17-14-11-8-5-2/h7,10,16,18,22,24,28,30,74H,4-6,8-9,11-15,17,19-21,23,25-27,29,31-73H2,1-3H3/b10-7-,18-16-,24-22-,30-28-. The van der Waals surface area contributed by atoms with Gasteiger partial charge in [0.15, 0.2) is 6.10 Å². The second-order valence-corrected chi connectivity index (χ2v) is 25.2. The molecule has 1 unspecified atom stereocenters. The van der Waals surface area contributed by atoms with Gasteiger partial charge in [0.2, 0.25) is 0 Å². The highest BCUT2D eigenvalue weighted by atomic mass is 16.6. The van der Waals surface area contributed by atoms with Crippen molar-refractivity contribution in [2.24, 2.45) is 0 Å². The van der Waals surface area contributed by atoms with E-state index in [9.17, 15) is 14.4 Å². The minimum Gasteiger partial charge on any atom is -0.462 e. The van der Waals surface area contributed by atoms with Crippen molar-refractivity contribution >= 4 is 17.9 Å². The van der Waals surface area contributed by atoms with Crippen LogP contribution in [0.1, 0.15) is 406 Å². The lowest BCUT2D eigenvalue weighted by Gasteiger charge is -2.18. The lowest BCUT2D eigenvalue weighted by molar-refractivity contribution is -0.167. The molecule has 0 aliphatic heterocycles. The Balaban J connectivity index is 3.91.